The highest BCUT2D eigenvalue weighted by molar-refractivity contribution is 7.12. The van der Waals surface area contributed by atoms with Gasteiger partial charge in [0.05, 0.1) is 11.1 Å². The third-order valence-electron chi connectivity index (χ3n) is 5.02. The molecule has 1 N–H and O–H groups in total. The standard InChI is InChI=1S/C23H27N3O3S/c1-5-16(2)26(23(28)21-9-7-13-30-21)15-17-14-18(10-11-19(17)25(3)4)24-22(27)20-8-6-12-29-20/h6-14,16H,5,15H2,1-4H3,(H,24,27)/t16-/m0/s1. The molecule has 0 spiro atoms. The van der Waals surface area contributed by atoms with Crippen molar-refractivity contribution in [1.82, 2.24) is 4.90 Å². The number of carbonyl (C=O) groups is 2. The minimum absolute atomic E-state index is 0.0223. The van der Waals surface area contributed by atoms with E-state index in [9.17, 15) is 9.59 Å². The van der Waals surface area contributed by atoms with Crippen molar-refractivity contribution >= 4 is 34.5 Å². The van der Waals surface area contributed by atoms with Crippen LogP contribution in [0, 0.1) is 0 Å². The van der Waals surface area contributed by atoms with Crippen molar-refractivity contribution in [2.24, 2.45) is 0 Å². The molecule has 7 heteroatoms. The lowest BCUT2D eigenvalue weighted by Crippen LogP contribution is -2.37. The molecule has 0 aliphatic carbocycles. The molecule has 30 heavy (non-hydrogen) atoms. The number of furan rings is 1. The third-order valence-corrected chi connectivity index (χ3v) is 5.88. The van der Waals surface area contributed by atoms with E-state index in [1.165, 1.54) is 17.6 Å². The molecule has 158 valence electrons. The molecule has 6 nitrogen and oxygen atoms in total. The van der Waals surface area contributed by atoms with Gasteiger partial charge < -0.3 is 19.5 Å². The smallest absolute Gasteiger partial charge is 0.291 e. The molecule has 0 aliphatic heterocycles. The number of carbonyl (C=O) groups excluding carboxylic acids is 2. The number of nitrogens with zero attached hydrogens (tertiary/aromatic N) is 2. The number of hydrogen-bond acceptors (Lipinski definition) is 5. The maximum absolute atomic E-state index is 13.2. The molecule has 1 aromatic carbocycles. The van der Waals surface area contributed by atoms with Crippen LogP contribution in [-0.4, -0.2) is 36.9 Å². The van der Waals surface area contributed by atoms with E-state index < -0.39 is 0 Å². The van der Waals surface area contributed by atoms with Gasteiger partial charge in [0.1, 0.15) is 0 Å². The summed E-state index contributed by atoms with van der Waals surface area (Å²) in [6, 6.07) is 12.9. The Labute approximate surface area is 181 Å². The molecule has 2 aromatic heterocycles. The molecule has 0 saturated heterocycles. The van der Waals surface area contributed by atoms with Gasteiger partial charge in [0.15, 0.2) is 5.76 Å². The lowest BCUT2D eigenvalue weighted by molar-refractivity contribution is 0.0676. The Morgan fingerprint density at radius 3 is 2.57 bits per heavy atom. The van der Waals surface area contributed by atoms with E-state index in [2.05, 4.69) is 19.2 Å². The van der Waals surface area contributed by atoms with E-state index in [-0.39, 0.29) is 23.6 Å². The van der Waals surface area contributed by atoms with Gasteiger partial charge in [-0.3, -0.25) is 9.59 Å². The average Bonchev–Trinajstić information content (AvgIpc) is 3.45. The zero-order chi connectivity index (χ0) is 21.7. The number of anilines is 2. The fourth-order valence-corrected chi connectivity index (χ4v) is 3.88. The molecular weight excluding hydrogens is 398 g/mol. The number of hydrogen-bond donors (Lipinski definition) is 1. The van der Waals surface area contributed by atoms with Gasteiger partial charge in [0.25, 0.3) is 11.8 Å². The van der Waals surface area contributed by atoms with Crippen molar-refractivity contribution in [1.29, 1.82) is 0 Å². The first-order valence-electron chi connectivity index (χ1n) is 9.90. The lowest BCUT2D eigenvalue weighted by Gasteiger charge is -2.30. The van der Waals surface area contributed by atoms with Gasteiger partial charge in [-0.25, -0.2) is 0 Å². The van der Waals surface area contributed by atoms with Crippen LogP contribution in [-0.2, 0) is 6.54 Å². The Morgan fingerprint density at radius 1 is 1.17 bits per heavy atom. The van der Waals surface area contributed by atoms with E-state index in [1.807, 2.05) is 59.6 Å². The predicted molar refractivity (Wildman–Crippen MR) is 121 cm³/mol. The molecule has 0 bridgehead atoms. The van der Waals surface area contributed by atoms with Crippen LogP contribution in [0.25, 0.3) is 0 Å². The lowest BCUT2D eigenvalue weighted by atomic mass is 10.1. The number of rotatable bonds is 8. The van der Waals surface area contributed by atoms with E-state index >= 15 is 0 Å². The van der Waals surface area contributed by atoms with Crippen molar-refractivity contribution in [2.45, 2.75) is 32.9 Å². The van der Waals surface area contributed by atoms with E-state index in [1.54, 1.807) is 12.1 Å². The van der Waals surface area contributed by atoms with Gasteiger partial charge in [-0.2, -0.15) is 0 Å². The Bertz CT molecular complexity index is 981. The highest BCUT2D eigenvalue weighted by Crippen LogP contribution is 2.27. The first-order chi connectivity index (χ1) is 14.4. The first kappa shape index (κ1) is 21.6. The molecular formula is C23H27N3O3S. The Kier molecular flexibility index (Phi) is 6.95. The normalized spacial score (nSPS) is 11.7. The van der Waals surface area contributed by atoms with Gasteiger partial charge in [-0.1, -0.05) is 13.0 Å². The van der Waals surface area contributed by atoms with E-state index in [0.717, 1.165) is 22.5 Å². The monoisotopic (exact) mass is 425 g/mol. The minimum atomic E-state index is -0.308. The number of nitrogens with one attached hydrogen (secondary N) is 1. The molecule has 3 aromatic rings. The maximum Gasteiger partial charge on any atom is 0.291 e. The largest absolute Gasteiger partial charge is 0.459 e. The summed E-state index contributed by atoms with van der Waals surface area (Å²) in [6.07, 6.45) is 2.32. The molecule has 3 rings (SSSR count). The van der Waals surface area contributed by atoms with Crippen LogP contribution in [0.1, 0.15) is 46.1 Å². The van der Waals surface area contributed by atoms with Crippen molar-refractivity contribution in [3.05, 3.63) is 70.3 Å². The van der Waals surface area contributed by atoms with E-state index in [0.29, 0.717) is 12.2 Å². The van der Waals surface area contributed by atoms with Crippen LogP contribution in [0.15, 0.2) is 58.5 Å². The fraction of sp³-hybridized carbons (Fsp3) is 0.304. The second kappa shape index (κ2) is 9.63. The zero-order valence-corrected chi connectivity index (χ0v) is 18.5. The number of benzene rings is 1. The summed E-state index contributed by atoms with van der Waals surface area (Å²) in [6.45, 7) is 4.58. The van der Waals surface area contributed by atoms with Crippen LogP contribution in [0.5, 0.6) is 0 Å². The SMILES string of the molecule is CC[C@H](C)N(Cc1cc(NC(=O)c2ccco2)ccc1N(C)C)C(=O)c1cccs1. The summed E-state index contributed by atoms with van der Waals surface area (Å²) in [5.74, 6) is -0.0339. The number of amides is 2. The molecule has 0 unspecified atom stereocenters. The van der Waals surface area contributed by atoms with Gasteiger partial charge >= 0.3 is 0 Å². The summed E-state index contributed by atoms with van der Waals surface area (Å²) in [5.41, 5.74) is 2.62. The van der Waals surface area contributed by atoms with Crippen LogP contribution >= 0.6 is 11.3 Å². The highest BCUT2D eigenvalue weighted by atomic mass is 32.1. The Morgan fingerprint density at radius 2 is 1.97 bits per heavy atom. The molecule has 1 atom stereocenters. The summed E-state index contributed by atoms with van der Waals surface area (Å²) in [5, 5.41) is 4.79. The highest BCUT2D eigenvalue weighted by Gasteiger charge is 2.23. The summed E-state index contributed by atoms with van der Waals surface area (Å²) in [4.78, 5) is 30.2. The zero-order valence-electron chi connectivity index (χ0n) is 17.7. The van der Waals surface area contributed by atoms with Gasteiger partial charge in [0.2, 0.25) is 0 Å². The quantitative estimate of drug-likeness (QED) is 0.545. The predicted octanol–water partition coefficient (Wildman–Crippen LogP) is 5.10. The molecule has 0 radical (unpaired) electrons. The van der Waals surface area contributed by atoms with E-state index in [4.69, 9.17) is 4.42 Å². The van der Waals surface area contributed by atoms with Crippen LogP contribution in [0.3, 0.4) is 0 Å². The molecule has 2 heterocycles. The minimum Gasteiger partial charge on any atom is -0.459 e. The fourth-order valence-electron chi connectivity index (χ4n) is 3.20. The maximum atomic E-state index is 13.2. The first-order valence-corrected chi connectivity index (χ1v) is 10.8. The molecule has 2 amide bonds. The van der Waals surface area contributed by atoms with Gasteiger partial charge in [0, 0.05) is 38.1 Å². The van der Waals surface area contributed by atoms with Gasteiger partial charge in [-0.15, -0.1) is 11.3 Å². The summed E-state index contributed by atoms with van der Waals surface area (Å²) in [7, 11) is 3.93. The van der Waals surface area contributed by atoms with Crippen molar-refractivity contribution < 1.29 is 14.0 Å². The van der Waals surface area contributed by atoms with Gasteiger partial charge in [-0.05, 0) is 60.7 Å². The van der Waals surface area contributed by atoms with Crippen LogP contribution in [0.4, 0.5) is 11.4 Å². The van der Waals surface area contributed by atoms with Crippen molar-refractivity contribution in [3.63, 3.8) is 0 Å². The molecule has 0 saturated carbocycles. The average molecular weight is 426 g/mol. The van der Waals surface area contributed by atoms with Crippen LogP contribution in [0.2, 0.25) is 0 Å². The summed E-state index contributed by atoms with van der Waals surface area (Å²) >= 11 is 1.45. The van der Waals surface area contributed by atoms with Crippen LogP contribution < -0.4 is 10.2 Å². The molecule has 0 fully saturated rings. The van der Waals surface area contributed by atoms with Crippen molar-refractivity contribution in [2.75, 3.05) is 24.3 Å². The topological polar surface area (TPSA) is 65.8 Å². The Hall–Kier alpha value is -3.06. The van der Waals surface area contributed by atoms with Crippen molar-refractivity contribution in [3.8, 4) is 0 Å². The summed E-state index contributed by atoms with van der Waals surface area (Å²) < 4.78 is 5.17. The second-order valence-corrected chi connectivity index (χ2v) is 8.28. The second-order valence-electron chi connectivity index (χ2n) is 7.34. The molecule has 0 aliphatic rings. The third kappa shape index (κ3) is 4.91. The number of thiophene rings is 1. The Balaban J connectivity index is 1.90.